The van der Waals surface area contributed by atoms with Gasteiger partial charge >= 0.3 is 5.97 Å². The van der Waals surface area contributed by atoms with Gasteiger partial charge in [-0.2, -0.15) is 0 Å². The Bertz CT molecular complexity index is 809. The van der Waals surface area contributed by atoms with Gasteiger partial charge in [0.1, 0.15) is 17.2 Å². The highest BCUT2D eigenvalue weighted by atomic mass is 32.2. The second-order valence-corrected chi connectivity index (χ2v) is 7.45. The van der Waals surface area contributed by atoms with E-state index in [-0.39, 0.29) is 18.0 Å². The van der Waals surface area contributed by atoms with Gasteiger partial charge in [0.25, 0.3) is 0 Å². The van der Waals surface area contributed by atoms with Crippen molar-refractivity contribution >= 4 is 43.1 Å². The minimum absolute atomic E-state index is 0.216. The molecule has 8 heteroatoms. The number of carboxylic acid groups (broad SMARTS) is 1. The first kappa shape index (κ1) is 13.2. The maximum atomic E-state index is 11.8. The third-order valence-electron chi connectivity index (χ3n) is 3.03. The molecule has 1 aliphatic heterocycles. The van der Waals surface area contributed by atoms with E-state index >= 15 is 0 Å². The molecular weight excluding hydrogens is 302 g/mol. The summed E-state index contributed by atoms with van der Waals surface area (Å²) < 4.78 is 31.1. The highest BCUT2D eigenvalue weighted by Gasteiger charge is 2.26. The van der Waals surface area contributed by atoms with Crippen molar-refractivity contribution in [3.05, 3.63) is 23.1 Å². The number of sulfonamides is 1. The Balaban J connectivity index is 2.22. The zero-order chi connectivity index (χ0) is 14.5. The van der Waals surface area contributed by atoms with E-state index in [2.05, 4.69) is 0 Å². The fraction of sp³-hybridized carbons (Fsp3) is 0.250. The lowest BCUT2D eigenvalue weighted by Crippen LogP contribution is -2.37. The second-order valence-electron chi connectivity index (χ2n) is 4.46. The molecule has 20 heavy (non-hydrogen) atoms. The van der Waals surface area contributed by atoms with Crippen LogP contribution in [0.4, 0.5) is 5.69 Å². The van der Waals surface area contributed by atoms with Gasteiger partial charge in [-0.25, -0.2) is 13.2 Å². The summed E-state index contributed by atoms with van der Waals surface area (Å²) in [7, 11) is -3.38. The molecule has 1 aromatic heterocycles. The van der Waals surface area contributed by atoms with E-state index in [1.165, 1.54) is 10.4 Å². The normalized spacial score (nSPS) is 14.9. The smallest absolute Gasteiger partial charge is 0.345 e. The van der Waals surface area contributed by atoms with Gasteiger partial charge in [0.2, 0.25) is 10.0 Å². The van der Waals surface area contributed by atoms with Crippen molar-refractivity contribution in [2.75, 3.05) is 23.7 Å². The Morgan fingerprint density at radius 3 is 2.80 bits per heavy atom. The van der Waals surface area contributed by atoms with Crippen LogP contribution in [0.2, 0.25) is 0 Å². The lowest BCUT2D eigenvalue weighted by Gasteiger charge is -2.29. The van der Waals surface area contributed by atoms with E-state index in [0.29, 0.717) is 16.8 Å². The second kappa shape index (κ2) is 4.35. The fourth-order valence-electron chi connectivity index (χ4n) is 2.18. The summed E-state index contributed by atoms with van der Waals surface area (Å²) in [4.78, 5) is 11.2. The van der Waals surface area contributed by atoms with Crippen LogP contribution >= 0.6 is 11.3 Å². The molecular formula is C12H11NO5S2. The molecule has 0 aliphatic carbocycles. The minimum Gasteiger partial charge on any atom is -0.489 e. The molecule has 0 fully saturated rings. The van der Waals surface area contributed by atoms with E-state index in [4.69, 9.17) is 9.84 Å². The molecule has 0 saturated heterocycles. The van der Waals surface area contributed by atoms with Crippen LogP contribution in [0.3, 0.4) is 0 Å². The Kier molecular flexibility index (Phi) is 2.87. The SMILES string of the molecule is CS(=O)(=O)N1CCOc2cc3sc(C(=O)O)cc3cc21. The van der Waals surface area contributed by atoms with Crippen LogP contribution in [-0.4, -0.2) is 38.9 Å². The maximum absolute atomic E-state index is 11.8. The van der Waals surface area contributed by atoms with E-state index in [9.17, 15) is 13.2 Å². The van der Waals surface area contributed by atoms with Crippen molar-refractivity contribution in [1.29, 1.82) is 0 Å². The molecule has 1 aliphatic rings. The van der Waals surface area contributed by atoms with Crippen LogP contribution in [0.25, 0.3) is 10.1 Å². The number of carboxylic acids is 1. The van der Waals surface area contributed by atoms with E-state index in [0.717, 1.165) is 22.3 Å². The highest BCUT2D eigenvalue weighted by Crippen LogP contribution is 2.39. The topological polar surface area (TPSA) is 83.9 Å². The molecule has 0 radical (unpaired) electrons. The van der Waals surface area contributed by atoms with Crippen LogP contribution < -0.4 is 9.04 Å². The number of rotatable bonds is 2. The summed E-state index contributed by atoms with van der Waals surface area (Å²) in [6.45, 7) is 0.538. The van der Waals surface area contributed by atoms with Gasteiger partial charge in [-0.1, -0.05) is 0 Å². The first-order chi connectivity index (χ1) is 9.36. The monoisotopic (exact) mass is 313 g/mol. The van der Waals surface area contributed by atoms with Gasteiger partial charge in [0.05, 0.1) is 18.5 Å². The Hall–Kier alpha value is -1.80. The van der Waals surface area contributed by atoms with Crippen molar-refractivity contribution in [1.82, 2.24) is 0 Å². The van der Waals surface area contributed by atoms with Gasteiger partial charge in [-0.05, 0) is 17.5 Å². The van der Waals surface area contributed by atoms with Crippen LogP contribution in [0.1, 0.15) is 9.67 Å². The molecule has 0 amide bonds. The molecule has 0 atom stereocenters. The molecule has 1 N–H and O–H groups in total. The van der Waals surface area contributed by atoms with Gasteiger partial charge in [0.15, 0.2) is 0 Å². The van der Waals surface area contributed by atoms with Gasteiger partial charge in [-0.15, -0.1) is 11.3 Å². The average molecular weight is 313 g/mol. The van der Waals surface area contributed by atoms with Crippen LogP contribution in [0.15, 0.2) is 18.2 Å². The zero-order valence-electron chi connectivity index (χ0n) is 10.5. The number of carbonyl (C=O) groups is 1. The molecule has 0 spiro atoms. The predicted molar refractivity (Wildman–Crippen MR) is 76.5 cm³/mol. The molecule has 106 valence electrons. The average Bonchev–Trinajstić information content (AvgIpc) is 2.76. The van der Waals surface area contributed by atoms with E-state index in [1.54, 1.807) is 12.1 Å². The number of fused-ring (bicyclic) bond motifs is 2. The quantitative estimate of drug-likeness (QED) is 0.913. The number of hydrogen-bond acceptors (Lipinski definition) is 5. The molecule has 3 rings (SSSR count). The number of hydrogen-bond donors (Lipinski definition) is 1. The Morgan fingerprint density at radius 2 is 2.15 bits per heavy atom. The van der Waals surface area contributed by atoms with Gasteiger partial charge < -0.3 is 9.84 Å². The van der Waals surface area contributed by atoms with Crippen molar-refractivity contribution in [3.8, 4) is 5.75 Å². The molecule has 2 heterocycles. The lowest BCUT2D eigenvalue weighted by molar-refractivity contribution is 0.0702. The number of benzene rings is 1. The third-order valence-corrected chi connectivity index (χ3v) is 5.30. The molecule has 0 saturated carbocycles. The van der Waals surface area contributed by atoms with E-state index < -0.39 is 16.0 Å². The van der Waals surface area contributed by atoms with Crippen molar-refractivity contribution in [2.45, 2.75) is 0 Å². The standard InChI is InChI=1S/C12H11NO5S2/c1-20(16,17)13-2-3-18-9-6-10-7(4-8(9)13)5-11(19-10)12(14)15/h4-6H,2-3H2,1H3,(H,14,15). The van der Waals surface area contributed by atoms with Crippen molar-refractivity contribution in [3.63, 3.8) is 0 Å². The number of nitrogens with zero attached hydrogens (tertiary/aromatic N) is 1. The van der Waals surface area contributed by atoms with Crippen LogP contribution in [0, 0.1) is 0 Å². The number of ether oxygens (including phenoxy) is 1. The number of thiophene rings is 1. The fourth-order valence-corrected chi connectivity index (χ4v) is 3.99. The predicted octanol–water partition coefficient (Wildman–Crippen LogP) is 1.76. The highest BCUT2D eigenvalue weighted by molar-refractivity contribution is 7.92. The summed E-state index contributed by atoms with van der Waals surface area (Å²) in [6.07, 6.45) is 1.14. The molecule has 0 unspecified atom stereocenters. The summed E-state index contributed by atoms with van der Waals surface area (Å²) in [6, 6.07) is 4.89. The van der Waals surface area contributed by atoms with Gasteiger partial charge in [-0.3, -0.25) is 4.31 Å². The molecule has 1 aromatic carbocycles. The van der Waals surface area contributed by atoms with Gasteiger partial charge in [0, 0.05) is 10.8 Å². The van der Waals surface area contributed by atoms with Crippen molar-refractivity contribution < 1.29 is 23.1 Å². The minimum atomic E-state index is -3.38. The zero-order valence-corrected chi connectivity index (χ0v) is 12.1. The summed E-state index contributed by atoms with van der Waals surface area (Å²) >= 11 is 1.14. The van der Waals surface area contributed by atoms with E-state index in [1.807, 2.05) is 0 Å². The largest absolute Gasteiger partial charge is 0.489 e. The Morgan fingerprint density at radius 1 is 1.40 bits per heavy atom. The van der Waals surface area contributed by atoms with Crippen LogP contribution in [0.5, 0.6) is 5.75 Å². The molecule has 2 aromatic rings. The number of anilines is 1. The Labute approximate surface area is 119 Å². The van der Waals surface area contributed by atoms with Crippen LogP contribution in [-0.2, 0) is 10.0 Å². The first-order valence-electron chi connectivity index (χ1n) is 5.77. The number of aromatic carboxylic acids is 1. The molecule has 6 nitrogen and oxygen atoms in total. The maximum Gasteiger partial charge on any atom is 0.345 e. The van der Waals surface area contributed by atoms with Crippen molar-refractivity contribution in [2.24, 2.45) is 0 Å². The summed E-state index contributed by atoms with van der Waals surface area (Å²) in [5.41, 5.74) is 0.459. The first-order valence-corrected chi connectivity index (χ1v) is 8.44. The lowest BCUT2D eigenvalue weighted by atomic mass is 10.2. The summed E-state index contributed by atoms with van der Waals surface area (Å²) in [5.74, 6) is -0.530. The summed E-state index contributed by atoms with van der Waals surface area (Å²) in [5, 5.41) is 9.70. The third kappa shape index (κ3) is 2.10. The molecule has 0 bridgehead atoms.